The van der Waals surface area contributed by atoms with Gasteiger partial charge in [0.25, 0.3) is 0 Å². The van der Waals surface area contributed by atoms with E-state index in [1.165, 1.54) is 40.4 Å². The number of hydrogen-bond donors (Lipinski definition) is 0. The first-order chi connectivity index (χ1) is 11.5. The molecule has 8 nitrogen and oxygen atoms in total. The van der Waals surface area contributed by atoms with Crippen molar-refractivity contribution in [2.75, 3.05) is 34.9 Å². The van der Waals surface area contributed by atoms with Gasteiger partial charge < -0.3 is 28.1 Å². The van der Waals surface area contributed by atoms with E-state index in [0.717, 1.165) is 0 Å². The zero-order valence-corrected chi connectivity index (χ0v) is 13.8. The van der Waals surface area contributed by atoms with Crippen molar-refractivity contribution in [1.82, 2.24) is 0 Å². The minimum atomic E-state index is -0.731. The third-order valence-electron chi connectivity index (χ3n) is 3.22. The molecule has 0 amide bonds. The fourth-order valence-electron chi connectivity index (χ4n) is 2.05. The Hall–Kier alpha value is -2.58. The standard InChI is InChI=1S/C16H18O8/c1-9-14(17)10-5-12(22-7-19-2)13(23-8-20-3)6-11(10)24-15(9)16(18)21-4/h5-6H,7-8H2,1-4H3. The highest BCUT2D eigenvalue weighted by molar-refractivity contribution is 5.91. The first-order valence-electron chi connectivity index (χ1n) is 6.96. The summed E-state index contributed by atoms with van der Waals surface area (Å²) in [6.07, 6.45) is 0. The zero-order chi connectivity index (χ0) is 17.7. The highest BCUT2D eigenvalue weighted by Gasteiger charge is 2.20. The van der Waals surface area contributed by atoms with Crippen molar-refractivity contribution in [3.63, 3.8) is 0 Å². The van der Waals surface area contributed by atoms with E-state index in [1.807, 2.05) is 0 Å². The molecule has 0 atom stereocenters. The maximum absolute atomic E-state index is 12.5. The van der Waals surface area contributed by atoms with Gasteiger partial charge in [-0.15, -0.1) is 0 Å². The Morgan fingerprint density at radius 1 is 1.04 bits per heavy atom. The number of carbonyl (C=O) groups excluding carboxylic acids is 1. The van der Waals surface area contributed by atoms with Crippen LogP contribution in [0.5, 0.6) is 11.5 Å². The van der Waals surface area contributed by atoms with Crippen LogP contribution in [0.4, 0.5) is 0 Å². The van der Waals surface area contributed by atoms with Gasteiger partial charge in [0.15, 0.2) is 30.5 Å². The number of carbonyl (C=O) groups is 1. The summed E-state index contributed by atoms with van der Waals surface area (Å²) in [5.41, 5.74) is -0.0447. The van der Waals surface area contributed by atoms with Crippen LogP contribution in [0.15, 0.2) is 21.3 Å². The van der Waals surface area contributed by atoms with Crippen LogP contribution < -0.4 is 14.9 Å². The Balaban J connectivity index is 2.64. The quantitative estimate of drug-likeness (QED) is 0.558. The van der Waals surface area contributed by atoms with Gasteiger partial charge in [0.2, 0.25) is 5.76 Å². The third kappa shape index (κ3) is 3.50. The van der Waals surface area contributed by atoms with Gasteiger partial charge >= 0.3 is 5.97 Å². The SMILES string of the molecule is COCOc1cc2oc(C(=O)OC)c(C)c(=O)c2cc1OCOC. The summed E-state index contributed by atoms with van der Waals surface area (Å²) in [5.74, 6) is -0.313. The smallest absolute Gasteiger partial charge is 0.374 e. The van der Waals surface area contributed by atoms with E-state index < -0.39 is 5.97 Å². The maximum Gasteiger partial charge on any atom is 0.374 e. The molecule has 1 aromatic heterocycles. The molecule has 0 spiro atoms. The van der Waals surface area contributed by atoms with Crippen molar-refractivity contribution in [3.8, 4) is 11.5 Å². The summed E-state index contributed by atoms with van der Waals surface area (Å²) in [7, 11) is 4.15. The van der Waals surface area contributed by atoms with Crippen LogP contribution in [0.2, 0.25) is 0 Å². The molecule has 0 bridgehead atoms. The lowest BCUT2D eigenvalue weighted by Gasteiger charge is -2.13. The molecule has 2 rings (SSSR count). The van der Waals surface area contributed by atoms with Crippen molar-refractivity contribution < 1.29 is 32.9 Å². The van der Waals surface area contributed by atoms with E-state index in [0.29, 0.717) is 5.75 Å². The molecule has 0 aliphatic carbocycles. The van der Waals surface area contributed by atoms with Crippen LogP contribution >= 0.6 is 0 Å². The fraction of sp³-hybridized carbons (Fsp3) is 0.375. The molecule has 1 heterocycles. The van der Waals surface area contributed by atoms with Gasteiger partial charge in [-0.3, -0.25) is 4.79 Å². The van der Waals surface area contributed by atoms with Gasteiger partial charge in [0.05, 0.1) is 12.5 Å². The van der Waals surface area contributed by atoms with E-state index in [4.69, 9.17) is 23.4 Å². The van der Waals surface area contributed by atoms with Crippen LogP contribution in [0, 0.1) is 6.92 Å². The van der Waals surface area contributed by atoms with Gasteiger partial charge in [-0.1, -0.05) is 0 Å². The second-order valence-corrected chi connectivity index (χ2v) is 4.77. The lowest BCUT2D eigenvalue weighted by molar-refractivity contribution is 0.0323. The van der Waals surface area contributed by atoms with Crippen LogP contribution in [-0.2, 0) is 14.2 Å². The minimum Gasteiger partial charge on any atom is -0.464 e. The predicted molar refractivity (Wildman–Crippen MR) is 83.6 cm³/mol. The molecule has 2 aromatic rings. The average molecular weight is 338 g/mol. The van der Waals surface area contributed by atoms with Crippen LogP contribution in [0.1, 0.15) is 16.1 Å². The fourth-order valence-corrected chi connectivity index (χ4v) is 2.05. The summed E-state index contributed by atoms with van der Waals surface area (Å²) in [6, 6.07) is 2.92. The molecule has 0 aliphatic rings. The average Bonchev–Trinajstić information content (AvgIpc) is 2.60. The first kappa shape index (κ1) is 17.8. The van der Waals surface area contributed by atoms with Crippen molar-refractivity contribution in [2.24, 2.45) is 0 Å². The molecule has 0 unspecified atom stereocenters. The minimum absolute atomic E-state index is 0.0284. The monoisotopic (exact) mass is 338 g/mol. The maximum atomic E-state index is 12.5. The van der Waals surface area contributed by atoms with Gasteiger partial charge in [0, 0.05) is 25.8 Å². The van der Waals surface area contributed by atoms with Gasteiger partial charge in [-0.25, -0.2) is 4.79 Å². The van der Waals surface area contributed by atoms with Crippen molar-refractivity contribution in [1.29, 1.82) is 0 Å². The Kier molecular flexibility index (Phi) is 5.78. The number of rotatable bonds is 7. The molecule has 0 N–H and O–H groups in total. The zero-order valence-electron chi connectivity index (χ0n) is 13.8. The molecule has 0 fully saturated rings. The highest BCUT2D eigenvalue weighted by Crippen LogP contribution is 2.32. The second-order valence-electron chi connectivity index (χ2n) is 4.77. The van der Waals surface area contributed by atoms with Crippen LogP contribution in [0.3, 0.4) is 0 Å². The Labute approximate surface area is 137 Å². The summed E-state index contributed by atoms with van der Waals surface area (Å²) in [6.45, 7) is 1.43. The topological polar surface area (TPSA) is 93.4 Å². The summed E-state index contributed by atoms with van der Waals surface area (Å²) in [5, 5.41) is 0.246. The number of hydrogen-bond acceptors (Lipinski definition) is 8. The Morgan fingerprint density at radius 2 is 1.62 bits per heavy atom. The molecule has 1 aromatic carbocycles. The number of methoxy groups -OCH3 is 3. The lowest BCUT2D eigenvalue weighted by Crippen LogP contribution is -2.14. The van der Waals surface area contributed by atoms with E-state index in [9.17, 15) is 9.59 Å². The Bertz CT molecular complexity index is 793. The van der Waals surface area contributed by atoms with Gasteiger partial charge in [-0.05, 0) is 13.0 Å². The van der Waals surface area contributed by atoms with Crippen LogP contribution in [-0.4, -0.2) is 40.9 Å². The van der Waals surface area contributed by atoms with E-state index >= 15 is 0 Å². The van der Waals surface area contributed by atoms with Gasteiger partial charge in [0.1, 0.15) is 5.58 Å². The Morgan fingerprint density at radius 3 is 2.17 bits per heavy atom. The van der Waals surface area contributed by atoms with E-state index in [2.05, 4.69) is 4.74 Å². The third-order valence-corrected chi connectivity index (χ3v) is 3.22. The van der Waals surface area contributed by atoms with Crippen molar-refractivity contribution in [3.05, 3.63) is 33.7 Å². The molecular formula is C16H18O8. The molecule has 0 saturated carbocycles. The molecule has 24 heavy (non-hydrogen) atoms. The van der Waals surface area contributed by atoms with Gasteiger partial charge in [-0.2, -0.15) is 0 Å². The molecular weight excluding hydrogens is 320 g/mol. The summed E-state index contributed by atoms with van der Waals surface area (Å²) >= 11 is 0. The predicted octanol–water partition coefficient (Wildman–Crippen LogP) is 1.85. The van der Waals surface area contributed by atoms with Crippen molar-refractivity contribution >= 4 is 16.9 Å². The first-order valence-corrected chi connectivity index (χ1v) is 6.96. The van der Waals surface area contributed by atoms with Crippen molar-refractivity contribution in [2.45, 2.75) is 6.92 Å². The lowest BCUT2D eigenvalue weighted by atomic mass is 10.1. The molecule has 0 aliphatic heterocycles. The number of fused-ring (bicyclic) bond motifs is 1. The molecule has 0 saturated heterocycles. The molecule has 8 heteroatoms. The number of esters is 1. The normalized spacial score (nSPS) is 10.7. The molecule has 0 radical (unpaired) electrons. The summed E-state index contributed by atoms with van der Waals surface area (Å²) in [4.78, 5) is 24.2. The van der Waals surface area contributed by atoms with Crippen LogP contribution in [0.25, 0.3) is 11.0 Å². The summed E-state index contributed by atoms with van der Waals surface area (Å²) < 4.78 is 30.7. The van der Waals surface area contributed by atoms with E-state index in [1.54, 1.807) is 0 Å². The largest absolute Gasteiger partial charge is 0.464 e. The number of benzene rings is 1. The van der Waals surface area contributed by atoms with E-state index in [-0.39, 0.29) is 47.1 Å². The second kappa shape index (κ2) is 7.80. The highest BCUT2D eigenvalue weighted by atomic mass is 16.7. The number of ether oxygens (including phenoxy) is 5. The molecule has 130 valence electrons.